The molecule has 136 valence electrons. The summed E-state index contributed by atoms with van der Waals surface area (Å²) in [6.45, 7) is 5.62. The van der Waals surface area contributed by atoms with E-state index in [0.717, 1.165) is 29.2 Å². The van der Waals surface area contributed by atoms with E-state index in [0.29, 0.717) is 24.5 Å². The third-order valence-electron chi connectivity index (χ3n) is 4.55. The van der Waals surface area contributed by atoms with Crippen LogP contribution in [0.2, 0.25) is 0 Å². The molecule has 8 heteroatoms. The van der Waals surface area contributed by atoms with E-state index in [1.165, 1.54) is 4.88 Å². The van der Waals surface area contributed by atoms with Gasteiger partial charge in [-0.2, -0.15) is 10.2 Å². The Kier molecular flexibility index (Phi) is 4.37. The standard InChI is InChI=1S/C18H21N5O2S/c1-11-4-5-17(26-11)15-9-16(20-19-15)18(25)22-6-3-7-23-13(10-22)8-14(21-23)12(2)24/h4-5,8-9,12,24H,3,6-7,10H2,1-2H3,(H,19,20)/t12-/m0/s1. The number of aliphatic hydroxyl groups is 1. The number of nitrogens with one attached hydrogen (secondary N) is 1. The first-order chi connectivity index (χ1) is 12.5. The number of aromatic amines is 1. The summed E-state index contributed by atoms with van der Waals surface area (Å²) in [5, 5.41) is 21.4. The lowest BCUT2D eigenvalue weighted by Crippen LogP contribution is -2.31. The Bertz CT molecular complexity index is 939. The van der Waals surface area contributed by atoms with Crippen molar-refractivity contribution in [1.82, 2.24) is 24.9 Å². The smallest absolute Gasteiger partial charge is 0.274 e. The minimum atomic E-state index is -0.610. The quantitative estimate of drug-likeness (QED) is 0.741. The molecule has 0 fully saturated rings. The fourth-order valence-corrected chi connectivity index (χ4v) is 3.99. The Morgan fingerprint density at radius 1 is 1.35 bits per heavy atom. The maximum atomic E-state index is 12.9. The molecule has 1 aliphatic rings. The molecule has 0 radical (unpaired) electrons. The third-order valence-corrected chi connectivity index (χ3v) is 5.59. The topological polar surface area (TPSA) is 87.0 Å². The molecule has 3 aromatic rings. The first-order valence-corrected chi connectivity index (χ1v) is 9.49. The van der Waals surface area contributed by atoms with E-state index in [9.17, 15) is 9.90 Å². The van der Waals surface area contributed by atoms with Gasteiger partial charge in [0.15, 0.2) is 5.69 Å². The summed E-state index contributed by atoms with van der Waals surface area (Å²) in [7, 11) is 0. The second kappa shape index (κ2) is 6.69. The monoisotopic (exact) mass is 371 g/mol. The fraction of sp³-hybridized carbons (Fsp3) is 0.389. The summed E-state index contributed by atoms with van der Waals surface area (Å²) >= 11 is 1.67. The Morgan fingerprint density at radius 3 is 2.92 bits per heavy atom. The van der Waals surface area contributed by atoms with Crippen LogP contribution in [0.5, 0.6) is 0 Å². The number of H-pyrrole nitrogens is 1. The molecule has 4 heterocycles. The van der Waals surface area contributed by atoms with Crippen LogP contribution in [0.3, 0.4) is 0 Å². The predicted molar refractivity (Wildman–Crippen MR) is 98.9 cm³/mol. The number of hydrogen-bond acceptors (Lipinski definition) is 5. The molecular formula is C18H21N5O2S. The van der Waals surface area contributed by atoms with Gasteiger partial charge in [-0.15, -0.1) is 11.3 Å². The summed E-state index contributed by atoms with van der Waals surface area (Å²) in [4.78, 5) is 17.0. The molecular weight excluding hydrogens is 350 g/mol. The van der Waals surface area contributed by atoms with Gasteiger partial charge in [-0.3, -0.25) is 14.6 Å². The zero-order valence-electron chi connectivity index (χ0n) is 14.8. The minimum Gasteiger partial charge on any atom is -0.387 e. The Labute approximate surface area is 155 Å². The van der Waals surface area contributed by atoms with Gasteiger partial charge in [-0.1, -0.05) is 0 Å². The molecule has 0 saturated carbocycles. The van der Waals surface area contributed by atoms with E-state index >= 15 is 0 Å². The van der Waals surface area contributed by atoms with Gasteiger partial charge in [0.05, 0.1) is 34.6 Å². The minimum absolute atomic E-state index is 0.0889. The number of amides is 1. The number of hydrogen-bond donors (Lipinski definition) is 2. The van der Waals surface area contributed by atoms with Crippen LogP contribution >= 0.6 is 11.3 Å². The molecule has 2 N–H and O–H groups in total. The lowest BCUT2D eigenvalue weighted by molar-refractivity contribution is 0.0739. The van der Waals surface area contributed by atoms with Crippen molar-refractivity contribution in [2.75, 3.05) is 6.54 Å². The Morgan fingerprint density at radius 2 is 2.19 bits per heavy atom. The summed E-state index contributed by atoms with van der Waals surface area (Å²) in [5.74, 6) is -0.0889. The predicted octanol–water partition coefficient (Wildman–Crippen LogP) is 2.74. The van der Waals surface area contributed by atoms with E-state index in [2.05, 4.69) is 28.3 Å². The van der Waals surface area contributed by atoms with Crippen molar-refractivity contribution < 1.29 is 9.90 Å². The zero-order chi connectivity index (χ0) is 18.3. The van der Waals surface area contributed by atoms with Crippen LogP contribution in [0.1, 0.15) is 46.2 Å². The number of aryl methyl sites for hydroxylation is 2. The van der Waals surface area contributed by atoms with Crippen LogP contribution in [0, 0.1) is 6.92 Å². The van der Waals surface area contributed by atoms with Crippen molar-refractivity contribution in [2.45, 2.75) is 39.5 Å². The van der Waals surface area contributed by atoms with Crippen LogP contribution in [-0.4, -0.2) is 42.4 Å². The molecule has 0 unspecified atom stereocenters. The molecule has 1 amide bonds. The van der Waals surface area contributed by atoms with Gasteiger partial charge < -0.3 is 10.0 Å². The van der Waals surface area contributed by atoms with Crippen molar-refractivity contribution in [2.24, 2.45) is 0 Å². The highest BCUT2D eigenvalue weighted by Gasteiger charge is 2.24. The number of nitrogens with zero attached hydrogens (tertiary/aromatic N) is 4. The Hall–Kier alpha value is -2.45. The second-order valence-corrected chi connectivity index (χ2v) is 7.90. The van der Waals surface area contributed by atoms with E-state index < -0.39 is 6.10 Å². The molecule has 4 rings (SSSR count). The number of aliphatic hydroxyl groups excluding tert-OH is 1. The molecule has 0 spiro atoms. The molecule has 0 saturated heterocycles. The number of aromatic nitrogens is 4. The number of carbonyl (C=O) groups is 1. The molecule has 0 bridgehead atoms. The van der Waals surface area contributed by atoms with Gasteiger partial charge >= 0.3 is 0 Å². The van der Waals surface area contributed by atoms with Gasteiger partial charge in [0, 0.05) is 18.0 Å². The number of carbonyl (C=O) groups excluding carboxylic acids is 1. The first-order valence-electron chi connectivity index (χ1n) is 8.67. The number of fused-ring (bicyclic) bond motifs is 1. The lowest BCUT2D eigenvalue weighted by atomic mass is 10.2. The SMILES string of the molecule is Cc1ccc(-c2cc(C(=O)N3CCCn4nc([C@H](C)O)cc4C3)n[nH]2)s1. The summed E-state index contributed by atoms with van der Waals surface area (Å²) in [5.41, 5.74) is 2.87. The fourth-order valence-electron chi connectivity index (χ4n) is 3.16. The highest BCUT2D eigenvalue weighted by molar-refractivity contribution is 7.15. The molecule has 1 atom stereocenters. The second-order valence-electron chi connectivity index (χ2n) is 6.62. The number of thiophene rings is 1. The van der Waals surface area contributed by atoms with Gasteiger partial charge in [0.1, 0.15) is 0 Å². The van der Waals surface area contributed by atoms with E-state index in [1.54, 1.807) is 23.2 Å². The van der Waals surface area contributed by atoms with Crippen molar-refractivity contribution in [1.29, 1.82) is 0 Å². The zero-order valence-corrected chi connectivity index (χ0v) is 15.6. The summed E-state index contributed by atoms with van der Waals surface area (Å²) < 4.78 is 1.89. The average molecular weight is 371 g/mol. The molecule has 26 heavy (non-hydrogen) atoms. The molecule has 0 aliphatic carbocycles. The third kappa shape index (κ3) is 3.17. The van der Waals surface area contributed by atoms with Crippen molar-refractivity contribution in [3.8, 4) is 10.6 Å². The average Bonchev–Trinajstić information content (AvgIpc) is 3.31. The number of rotatable bonds is 3. The molecule has 7 nitrogen and oxygen atoms in total. The van der Waals surface area contributed by atoms with Gasteiger partial charge in [-0.05, 0) is 44.5 Å². The largest absolute Gasteiger partial charge is 0.387 e. The molecule has 0 aromatic carbocycles. The van der Waals surface area contributed by atoms with Crippen LogP contribution in [0.4, 0.5) is 0 Å². The maximum absolute atomic E-state index is 12.9. The van der Waals surface area contributed by atoms with Gasteiger partial charge in [-0.25, -0.2) is 0 Å². The van der Waals surface area contributed by atoms with Crippen molar-refractivity contribution in [3.05, 3.63) is 46.2 Å². The van der Waals surface area contributed by atoms with Crippen molar-refractivity contribution in [3.63, 3.8) is 0 Å². The summed E-state index contributed by atoms with van der Waals surface area (Å²) in [6.07, 6.45) is 0.211. The highest BCUT2D eigenvalue weighted by atomic mass is 32.1. The van der Waals surface area contributed by atoms with Crippen LogP contribution in [0.25, 0.3) is 10.6 Å². The molecule has 3 aromatic heterocycles. The van der Waals surface area contributed by atoms with Crippen LogP contribution in [-0.2, 0) is 13.1 Å². The van der Waals surface area contributed by atoms with Crippen molar-refractivity contribution >= 4 is 17.2 Å². The van der Waals surface area contributed by atoms with E-state index in [-0.39, 0.29) is 5.91 Å². The van der Waals surface area contributed by atoms with E-state index in [4.69, 9.17) is 0 Å². The van der Waals surface area contributed by atoms with E-state index in [1.807, 2.05) is 22.9 Å². The normalized spacial score (nSPS) is 15.6. The van der Waals surface area contributed by atoms with Gasteiger partial charge in [0.25, 0.3) is 5.91 Å². The van der Waals surface area contributed by atoms with Gasteiger partial charge in [0.2, 0.25) is 0 Å². The molecule has 1 aliphatic heterocycles. The summed E-state index contributed by atoms with van der Waals surface area (Å²) in [6, 6.07) is 7.78. The van der Waals surface area contributed by atoms with Crippen LogP contribution < -0.4 is 0 Å². The van der Waals surface area contributed by atoms with Crippen LogP contribution in [0.15, 0.2) is 24.3 Å². The Balaban J connectivity index is 1.55. The maximum Gasteiger partial charge on any atom is 0.274 e. The highest BCUT2D eigenvalue weighted by Crippen LogP contribution is 2.27. The first kappa shape index (κ1) is 17.0. The lowest BCUT2D eigenvalue weighted by Gasteiger charge is -2.18.